The highest BCUT2D eigenvalue weighted by molar-refractivity contribution is 5.92. The first-order valence-corrected chi connectivity index (χ1v) is 7.58. The van der Waals surface area contributed by atoms with Crippen LogP contribution in [0, 0.1) is 0 Å². The third kappa shape index (κ3) is 3.12. The van der Waals surface area contributed by atoms with Crippen LogP contribution in [0.4, 0.5) is 0 Å². The molecule has 0 saturated carbocycles. The lowest BCUT2D eigenvalue weighted by Crippen LogP contribution is -2.37. The summed E-state index contributed by atoms with van der Waals surface area (Å²) in [5, 5.41) is 3.20. The fourth-order valence-electron chi connectivity index (χ4n) is 2.71. The highest BCUT2D eigenvalue weighted by atomic mass is 16.2. The van der Waals surface area contributed by atoms with Gasteiger partial charge in [0.2, 0.25) is 11.8 Å². The number of aromatic nitrogens is 1. The number of nitrogens with one attached hydrogen (secondary N) is 1. The molecule has 0 aliphatic carbocycles. The van der Waals surface area contributed by atoms with Crippen LogP contribution >= 0.6 is 0 Å². The summed E-state index contributed by atoms with van der Waals surface area (Å²) < 4.78 is 1.23. The fourth-order valence-corrected chi connectivity index (χ4v) is 2.71. The summed E-state index contributed by atoms with van der Waals surface area (Å²) in [6.45, 7) is -0.650. The van der Waals surface area contributed by atoms with Crippen molar-refractivity contribution < 1.29 is 9.59 Å². The Morgan fingerprint density at radius 1 is 0.920 bits per heavy atom. The molecule has 3 rings (SSSR count). The maximum Gasteiger partial charge on any atom is 0.259 e. The van der Waals surface area contributed by atoms with Crippen molar-refractivity contribution in [2.45, 2.75) is 6.54 Å². The third-order valence-corrected chi connectivity index (χ3v) is 3.85. The second-order valence-corrected chi connectivity index (χ2v) is 5.53. The van der Waals surface area contributed by atoms with Crippen LogP contribution in [0.1, 0.15) is 0 Å². The second-order valence-electron chi connectivity index (χ2n) is 5.53. The quantitative estimate of drug-likeness (QED) is 0.704. The van der Waals surface area contributed by atoms with Gasteiger partial charge in [-0.3, -0.25) is 23.7 Å². The average molecular weight is 337 g/mol. The summed E-state index contributed by atoms with van der Waals surface area (Å²) in [5.74, 6) is -1.23. The topological polar surface area (TPSA) is 111 Å². The number of hydrogen-bond donors (Lipinski definition) is 2. The van der Waals surface area contributed by atoms with Crippen LogP contribution in [0.2, 0.25) is 0 Å². The fraction of sp³-hybridized carbons (Fsp3) is 0.111. The van der Waals surface area contributed by atoms with Gasteiger partial charge in [-0.1, -0.05) is 30.3 Å². The van der Waals surface area contributed by atoms with Gasteiger partial charge in [0.25, 0.3) is 5.56 Å². The Bertz CT molecular complexity index is 1120. The maximum absolute atomic E-state index is 12.9. The highest BCUT2D eigenvalue weighted by Gasteiger charge is 2.13. The van der Waals surface area contributed by atoms with E-state index >= 15 is 0 Å². The van der Waals surface area contributed by atoms with Crippen molar-refractivity contribution in [1.29, 1.82) is 0 Å². The number of primary amides is 1. The molecule has 0 radical (unpaired) electrons. The van der Waals surface area contributed by atoms with Gasteiger partial charge in [0, 0.05) is 10.8 Å². The van der Waals surface area contributed by atoms with E-state index in [2.05, 4.69) is 5.32 Å². The number of benzene rings is 2. The van der Waals surface area contributed by atoms with E-state index in [1.165, 1.54) is 4.57 Å². The second kappa shape index (κ2) is 6.56. The zero-order valence-electron chi connectivity index (χ0n) is 13.2. The molecule has 3 N–H and O–H groups in total. The Kier molecular flexibility index (Phi) is 4.30. The largest absolute Gasteiger partial charge is 0.368 e. The predicted molar refractivity (Wildman–Crippen MR) is 94.2 cm³/mol. The van der Waals surface area contributed by atoms with Crippen molar-refractivity contribution in [1.82, 2.24) is 9.88 Å². The van der Waals surface area contributed by atoms with E-state index in [9.17, 15) is 19.2 Å². The van der Waals surface area contributed by atoms with E-state index < -0.39 is 17.4 Å². The number of hydrogen-bond acceptors (Lipinski definition) is 4. The summed E-state index contributed by atoms with van der Waals surface area (Å²) >= 11 is 0. The predicted octanol–water partition coefficient (Wildman–Crippen LogP) is 0.116. The van der Waals surface area contributed by atoms with Crippen LogP contribution in [-0.4, -0.2) is 22.9 Å². The van der Waals surface area contributed by atoms with Gasteiger partial charge in [0.15, 0.2) is 5.43 Å². The van der Waals surface area contributed by atoms with Crippen LogP contribution < -0.4 is 22.0 Å². The molecule has 0 atom stereocenters. The highest BCUT2D eigenvalue weighted by Crippen LogP contribution is 2.12. The number of para-hydroxylation sites is 1. The lowest BCUT2D eigenvalue weighted by molar-refractivity contribution is -0.125. The monoisotopic (exact) mass is 337 g/mol. The van der Waals surface area contributed by atoms with Crippen LogP contribution in [-0.2, 0) is 16.1 Å². The standard InChI is InChI=1S/C18H15N3O4/c19-15(22)9-20-16(23)10-21-14-8-4-3-7-13(14)17(24)11-5-1-2-6-12(11)18(21)25/h1-8H,9-10H2,(H2,19,22)(H,20,23). The zero-order valence-corrected chi connectivity index (χ0v) is 13.2. The number of fused-ring (bicyclic) bond motifs is 2. The summed E-state index contributed by atoms with van der Waals surface area (Å²) in [5.41, 5.74) is 4.62. The van der Waals surface area contributed by atoms with E-state index in [0.717, 1.165) is 0 Å². The molecule has 3 aromatic rings. The van der Waals surface area contributed by atoms with Crippen LogP contribution in [0.25, 0.3) is 21.7 Å². The van der Waals surface area contributed by atoms with Gasteiger partial charge in [-0.25, -0.2) is 0 Å². The minimum absolute atomic E-state index is 0.228. The van der Waals surface area contributed by atoms with Crippen molar-refractivity contribution in [3.63, 3.8) is 0 Å². The van der Waals surface area contributed by atoms with Crippen molar-refractivity contribution in [3.8, 4) is 0 Å². The van der Waals surface area contributed by atoms with Crippen molar-refractivity contribution in [3.05, 3.63) is 69.1 Å². The van der Waals surface area contributed by atoms with Crippen molar-refractivity contribution >= 4 is 33.5 Å². The molecule has 1 heterocycles. The number of rotatable bonds is 4. The summed E-state index contributed by atoms with van der Waals surface area (Å²) in [6.07, 6.45) is 0. The molecule has 0 spiro atoms. The Morgan fingerprint density at radius 2 is 1.52 bits per heavy atom. The number of nitrogens with two attached hydrogens (primary N) is 1. The molecule has 0 fully saturated rings. The van der Waals surface area contributed by atoms with Crippen LogP contribution in [0.3, 0.4) is 0 Å². The summed E-state index contributed by atoms with van der Waals surface area (Å²) in [7, 11) is 0. The Hall–Kier alpha value is -3.48. The molecule has 0 bridgehead atoms. The molecule has 0 saturated heterocycles. The van der Waals surface area contributed by atoms with E-state index in [0.29, 0.717) is 16.3 Å². The molecule has 2 amide bonds. The van der Waals surface area contributed by atoms with E-state index in [1.54, 1.807) is 48.5 Å². The minimum atomic E-state index is -0.684. The zero-order chi connectivity index (χ0) is 18.0. The molecule has 2 aromatic carbocycles. The lowest BCUT2D eigenvalue weighted by Gasteiger charge is -2.07. The average Bonchev–Trinajstić information content (AvgIpc) is 2.70. The smallest absolute Gasteiger partial charge is 0.259 e. The van der Waals surface area contributed by atoms with E-state index in [4.69, 9.17) is 5.73 Å². The minimum Gasteiger partial charge on any atom is -0.368 e. The number of carbonyl (C=O) groups is 2. The molecule has 7 nitrogen and oxygen atoms in total. The molecule has 1 aromatic heterocycles. The first-order chi connectivity index (χ1) is 12.0. The van der Waals surface area contributed by atoms with Gasteiger partial charge < -0.3 is 11.1 Å². The molecule has 0 unspecified atom stereocenters. The normalized spacial score (nSPS) is 10.7. The van der Waals surface area contributed by atoms with Crippen molar-refractivity contribution in [2.75, 3.05) is 6.54 Å². The Labute approximate surface area is 141 Å². The van der Waals surface area contributed by atoms with E-state index in [1.807, 2.05) is 0 Å². The SMILES string of the molecule is NC(=O)CNC(=O)Cn1c(=O)c2ccccc2c(=O)c2ccccc21. The summed E-state index contributed by atoms with van der Waals surface area (Å²) in [4.78, 5) is 48.6. The first kappa shape index (κ1) is 16.4. The van der Waals surface area contributed by atoms with Gasteiger partial charge in [-0.2, -0.15) is 0 Å². The Balaban J connectivity index is 2.30. The maximum atomic E-state index is 12.9. The lowest BCUT2D eigenvalue weighted by atomic mass is 10.1. The molecule has 0 aliphatic heterocycles. The first-order valence-electron chi connectivity index (χ1n) is 7.58. The van der Waals surface area contributed by atoms with Gasteiger partial charge in [0.1, 0.15) is 6.54 Å². The summed E-state index contributed by atoms with van der Waals surface area (Å²) in [6, 6.07) is 13.1. The van der Waals surface area contributed by atoms with Crippen LogP contribution in [0.5, 0.6) is 0 Å². The molecule has 25 heavy (non-hydrogen) atoms. The van der Waals surface area contributed by atoms with Gasteiger partial charge in [-0.05, 0) is 18.2 Å². The Morgan fingerprint density at radius 3 is 2.20 bits per heavy atom. The number of carbonyl (C=O) groups excluding carboxylic acids is 2. The molecular formula is C18H15N3O4. The van der Waals surface area contributed by atoms with Gasteiger partial charge in [0.05, 0.1) is 17.4 Å². The number of amides is 2. The molecule has 0 aliphatic rings. The van der Waals surface area contributed by atoms with Gasteiger partial charge >= 0.3 is 0 Å². The molecular weight excluding hydrogens is 322 g/mol. The van der Waals surface area contributed by atoms with Crippen LogP contribution in [0.15, 0.2) is 58.1 Å². The van der Waals surface area contributed by atoms with Crippen molar-refractivity contribution in [2.24, 2.45) is 5.73 Å². The third-order valence-electron chi connectivity index (χ3n) is 3.85. The number of nitrogens with zero attached hydrogens (tertiary/aromatic N) is 1. The van der Waals surface area contributed by atoms with E-state index in [-0.39, 0.29) is 23.9 Å². The molecule has 7 heteroatoms. The van der Waals surface area contributed by atoms with Gasteiger partial charge in [-0.15, -0.1) is 0 Å². The molecule has 126 valence electrons.